The smallest absolute Gasteiger partial charge is 0.332 e. The van der Waals surface area contributed by atoms with Gasteiger partial charge in [0.15, 0.2) is 0 Å². The summed E-state index contributed by atoms with van der Waals surface area (Å²) in [7, 11) is 3.22. The van der Waals surface area contributed by atoms with Crippen LogP contribution in [0.3, 0.4) is 0 Å². The standard InChI is InChI=1S/C19H25N5O2/c1-21-11-14-6-3-4-7-15(14)12-24-17(10-18(25)22(2)19(24)26)23-9-5-8-16(20)13-23/h3-4,6-7,10-11,16H,5,8-9,12-13,20H2,1-2H3/b21-11-/t16-/m1/s1. The predicted octanol–water partition coefficient (Wildman–Crippen LogP) is 0.572. The van der Waals surface area contributed by atoms with E-state index in [-0.39, 0.29) is 17.3 Å². The van der Waals surface area contributed by atoms with Crippen molar-refractivity contribution >= 4 is 12.0 Å². The van der Waals surface area contributed by atoms with E-state index >= 15 is 0 Å². The number of aromatic nitrogens is 2. The van der Waals surface area contributed by atoms with E-state index < -0.39 is 0 Å². The van der Waals surface area contributed by atoms with Gasteiger partial charge in [0.05, 0.1) is 6.54 Å². The van der Waals surface area contributed by atoms with Crippen molar-refractivity contribution in [3.63, 3.8) is 0 Å². The molecule has 3 rings (SSSR count). The van der Waals surface area contributed by atoms with Gasteiger partial charge in [-0.25, -0.2) is 4.79 Å². The Morgan fingerprint density at radius 3 is 2.81 bits per heavy atom. The minimum absolute atomic E-state index is 0.0517. The lowest BCUT2D eigenvalue weighted by Gasteiger charge is -2.34. The molecule has 138 valence electrons. The number of piperidine rings is 1. The van der Waals surface area contributed by atoms with Crippen LogP contribution in [0.5, 0.6) is 0 Å². The average molecular weight is 355 g/mol. The summed E-state index contributed by atoms with van der Waals surface area (Å²) in [6.07, 6.45) is 3.68. The summed E-state index contributed by atoms with van der Waals surface area (Å²) in [5, 5.41) is 0. The summed E-state index contributed by atoms with van der Waals surface area (Å²) in [5.41, 5.74) is 7.41. The molecule has 2 aromatic rings. The Morgan fingerprint density at radius 1 is 1.31 bits per heavy atom. The van der Waals surface area contributed by atoms with Gasteiger partial charge >= 0.3 is 5.69 Å². The molecule has 0 unspecified atom stereocenters. The third kappa shape index (κ3) is 3.62. The highest BCUT2D eigenvalue weighted by molar-refractivity contribution is 5.81. The fourth-order valence-electron chi connectivity index (χ4n) is 3.40. The normalized spacial score (nSPS) is 17.8. The number of benzene rings is 1. The summed E-state index contributed by atoms with van der Waals surface area (Å²) in [6, 6.07) is 9.40. The zero-order valence-corrected chi connectivity index (χ0v) is 15.3. The molecule has 0 amide bonds. The molecule has 7 heteroatoms. The predicted molar refractivity (Wildman–Crippen MR) is 104 cm³/mol. The molecule has 1 saturated heterocycles. The largest absolute Gasteiger partial charge is 0.356 e. The Bertz CT molecular complexity index is 928. The van der Waals surface area contributed by atoms with Crippen LogP contribution < -0.4 is 21.9 Å². The molecule has 1 aliphatic heterocycles. The van der Waals surface area contributed by atoms with Crippen LogP contribution in [0.4, 0.5) is 5.82 Å². The van der Waals surface area contributed by atoms with Crippen molar-refractivity contribution in [1.29, 1.82) is 0 Å². The first-order valence-corrected chi connectivity index (χ1v) is 8.82. The van der Waals surface area contributed by atoms with E-state index in [1.807, 2.05) is 29.2 Å². The molecule has 1 atom stereocenters. The molecular weight excluding hydrogens is 330 g/mol. The number of hydrogen-bond acceptors (Lipinski definition) is 5. The molecule has 2 N–H and O–H groups in total. The summed E-state index contributed by atoms with van der Waals surface area (Å²) in [5.74, 6) is 0.636. The van der Waals surface area contributed by atoms with Crippen molar-refractivity contribution in [2.24, 2.45) is 17.8 Å². The van der Waals surface area contributed by atoms with E-state index in [4.69, 9.17) is 5.73 Å². The maximum Gasteiger partial charge on any atom is 0.332 e. The van der Waals surface area contributed by atoms with Gasteiger partial charge in [0.2, 0.25) is 0 Å². The van der Waals surface area contributed by atoms with Gasteiger partial charge in [-0.2, -0.15) is 0 Å². The molecular formula is C19H25N5O2. The molecule has 1 aromatic heterocycles. The van der Waals surface area contributed by atoms with Gasteiger partial charge in [-0.15, -0.1) is 0 Å². The van der Waals surface area contributed by atoms with Crippen molar-refractivity contribution in [3.05, 3.63) is 62.3 Å². The Hall–Kier alpha value is -2.67. The Labute approximate surface area is 152 Å². The molecule has 0 radical (unpaired) electrons. The lowest BCUT2D eigenvalue weighted by atomic mass is 10.1. The van der Waals surface area contributed by atoms with Crippen molar-refractivity contribution < 1.29 is 0 Å². The van der Waals surface area contributed by atoms with Crippen LogP contribution in [0.25, 0.3) is 0 Å². The van der Waals surface area contributed by atoms with Crippen LogP contribution >= 0.6 is 0 Å². The highest BCUT2D eigenvalue weighted by atomic mass is 16.2. The topological polar surface area (TPSA) is 85.6 Å². The first-order valence-electron chi connectivity index (χ1n) is 8.82. The Kier molecular flexibility index (Phi) is 5.37. The van der Waals surface area contributed by atoms with Gasteiger partial charge in [0.25, 0.3) is 5.56 Å². The summed E-state index contributed by atoms with van der Waals surface area (Å²) in [6.45, 7) is 1.80. The second-order valence-electron chi connectivity index (χ2n) is 6.70. The fourth-order valence-corrected chi connectivity index (χ4v) is 3.40. The van der Waals surface area contributed by atoms with Crippen LogP contribution in [0.1, 0.15) is 24.0 Å². The lowest BCUT2D eigenvalue weighted by Crippen LogP contribution is -2.47. The van der Waals surface area contributed by atoms with E-state index in [1.165, 1.54) is 13.1 Å². The van der Waals surface area contributed by atoms with E-state index in [0.29, 0.717) is 18.9 Å². The molecule has 1 fully saturated rings. The lowest BCUT2D eigenvalue weighted by molar-refractivity contribution is 0.491. The van der Waals surface area contributed by atoms with Gasteiger partial charge in [0, 0.05) is 45.5 Å². The quantitative estimate of drug-likeness (QED) is 0.813. The molecule has 26 heavy (non-hydrogen) atoms. The highest BCUT2D eigenvalue weighted by Gasteiger charge is 2.21. The maximum atomic E-state index is 12.8. The van der Waals surface area contributed by atoms with Crippen LogP contribution in [-0.2, 0) is 13.6 Å². The van der Waals surface area contributed by atoms with Crippen LogP contribution in [0.15, 0.2) is 44.9 Å². The third-order valence-corrected chi connectivity index (χ3v) is 4.81. The fraction of sp³-hybridized carbons (Fsp3) is 0.421. The molecule has 2 heterocycles. The van der Waals surface area contributed by atoms with Gasteiger partial charge in [0.1, 0.15) is 5.82 Å². The molecule has 0 bridgehead atoms. The number of hydrogen-bond donors (Lipinski definition) is 1. The zero-order valence-electron chi connectivity index (χ0n) is 15.3. The Morgan fingerprint density at radius 2 is 2.08 bits per heavy atom. The van der Waals surface area contributed by atoms with Crippen LogP contribution in [-0.4, -0.2) is 41.5 Å². The van der Waals surface area contributed by atoms with Crippen LogP contribution in [0, 0.1) is 0 Å². The number of nitrogens with zero attached hydrogens (tertiary/aromatic N) is 4. The van der Waals surface area contributed by atoms with E-state index in [2.05, 4.69) is 4.99 Å². The maximum absolute atomic E-state index is 12.8. The first-order chi connectivity index (χ1) is 12.5. The second kappa shape index (κ2) is 7.70. The summed E-state index contributed by atoms with van der Waals surface area (Å²) < 4.78 is 2.80. The molecule has 0 spiro atoms. The number of anilines is 1. The van der Waals surface area contributed by atoms with Gasteiger partial charge < -0.3 is 10.6 Å². The minimum atomic E-state index is -0.324. The van der Waals surface area contributed by atoms with E-state index in [1.54, 1.807) is 17.8 Å². The first kappa shape index (κ1) is 18.1. The second-order valence-corrected chi connectivity index (χ2v) is 6.70. The van der Waals surface area contributed by atoms with E-state index in [0.717, 1.165) is 35.1 Å². The highest BCUT2D eigenvalue weighted by Crippen LogP contribution is 2.19. The van der Waals surface area contributed by atoms with Crippen molar-refractivity contribution in [3.8, 4) is 0 Å². The molecule has 0 saturated carbocycles. The molecule has 0 aliphatic carbocycles. The van der Waals surface area contributed by atoms with Gasteiger partial charge in [-0.05, 0) is 24.0 Å². The average Bonchev–Trinajstić information content (AvgIpc) is 2.63. The SMILES string of the molecule is C/N=C\c1ccccc1Cn1c(N2CCC[C@@H](N)C2)cc(=O)n(C)c1=O. The number of nitrogens with two attached hydrogens (primary N) is 1. The van der Waals surface area contributed by atoms with Crippen LogP contribution in [0.2, 0.25) is 0 Å². The van der Waals surface area contributed by atoms with Crippen molar-refractivity contribution in [1.82, 2.24) is 9.13 Å². The monoisotopic (exact) mass is 355 g/mol. The summed E-state index contributed by atoms with van der Waals surface area (Å²) >= 11 is 0. The zero-order chi connectivity index (χ0) is 18.7. The number of rotatable bonds is 4. The van der Waals surface area contributed by atoms with Gasteiger partial charge in [-0.3, -0.25) is 18.9 Å². The van der Waals surface area contributed by atoms with Crippen molar-refractivity contribution in [2.75, 3.05) is 25.0 Å². The third-order valence-electron chi connectivity index (χ3n) is 4.81. The van der Waals surface area contributed by atoms with Crippen molar-refractivity contribution in [2.45, 2.75) is 25.4 Å². The number of aliphatic imine (C=N–C) groups is 1. The Balaban J connectivity index is 2.10. The van der Waals surface area contributed by atoms with Gasteiger partial charge in [-0.1, -0.05) is 24.3 Å². The minimum Gasteiger partial charge on any atom is -0.356 e. The molecule has 1 aliphatic rings. The molecule has 7 nitrogen and oxygen atoms in total. The molecule has 1 aromatic carbocycles. The summed E-state index contributed by atoms with van der Waals surface area (Å²) in [4.78, 5) is 31.2. The van der Waals surface area contributed by atoms with E-state index in [9.17, 15) is 9.59 Å².